The minimum absolute atomic E-state index is 0.251. The Morgan fingerprint density at radius 2 is 1.61 bits per heavy atom. The van der Waals surface area contributed by atoms with Gasteiger partial charge in [-0.05, 0) is 19.4 Å². The molecule has 1 heterocycles. The number of aliphatic hydroxyl groups is 1. The Morgan fingerprint density at radius 1 is 1.00 bits per heavy atom. The Bertz CT molecular complexity index is 611. The highest BCUT2D eigenvalue weighted by atomic mass is 32.1. The number of nitrogens with one attached hydrogen (secondary N) is 4. The summed E-state index contributed by atoms with van der Waals surface area (Å²) in [5.41, 5.74) is 0. The average Bonchev–Trinajstić information content (AvgIpc) is 3.17. The lowest BCUT2D eigenvalue weighted by molar-refractivity contribution is -0.143. The first-order chi connectivity index (χ1) is 13.2. The van der Waals surface area contributed by atoms with Crippen molar-refractivity contribution in [3.8, 4) is 0 Å². The number of amides is 3. The molecular weight excluding hydrogens is 396 g/mol. The van der Waals surface area contributed by atoms with Crippen LogP contribution >= 0.6 is 12.6 Å². The van der Waals surface area contributed by atoms with E-state index in [1.807, 2.05) is 0 Å². The van der Waals surface area contributed by atoms with Gasteiger partial charge in [-0.1, -0.05) is 0 Å². The number of hydrogen-bond donors (Lipinski definition) is 8. The highest BCUT2D eigenvalue weighted by Gasteiger charge is 2.31. The van der Waals surface area contributed by atoms with Crippen LogP contribution in [-0.4, -0.2) is 88.1 Å². The highest BCUT2D eigenvalue weighted by molar-refractivity contribution is 7.80. The molecule has 1 saturated heterocycles. The van der Waals surface area contributed by atoms with Crippen molar-refractivity contribution < 1.29 is 39.3 Å². The molecule has 7 N–H and O–H groups in total. The molecule has 0 saturated carbocycles. The number of carbonyl (C=O) groups excluding carboxylic acids is 3. The highest BCUT2D eigenvalue weighted by Crippen LogP contribution is 2.05. The molecule has 3 amide bonds. The maximum absolute atomic E-state index is 12.3. The summed E-state index contributed by atoms with van der Waals surface area (Å²) in [6.45, 7) is -0.134. The van der Waals surface area contributed by atoms with Crippen LogP contribution in [0.2, 0.25) is 0 Å². The van der Waals surface area contributed by atoms with Gasteiger partial charge in [-0.2, -0.15) is 12.6 Å². The number of hydrogen-bond acceptors (Lipinski definition) is 8. The van der Waals surface area contributed by atoms with Crippen molar-refractivity contribution in [2.45, 2.75) is 43.4 Å². The van der Waals surface area contributed by atoms with Crippen LogP contribution in [0.3, 0.4) is 0 Å². The molecule has 0 aromatic carbocycles. The van der Waals surface area contributed by atoms with E-state index >= 15 is 0 Å². The number of carboxylic acid groups (broad SMARTS) is 2. The van der Waals surface area contributed by atoms with Crippen molar-refractivity contribution in [2.24, 2.45) is 0 Å². The van der Waals surface area contributed by atoms with Crippen molar-refractivity contribution in [3.63, 3.8) is 0 Å². The van der Waals surface area contributed by atoms with Crippen molar-refractivity contribution in [2.75, 3.05) is 18.9 Å². The van der Waals surface area contributed by atoms with Gasteiger partial charge < -0.3 is 36.6 Å². The van der Waals surface area contributed by atoms with E-state index in [-0.39, 0.29) is 5.75 Å². The topological polar surface area (TPSA) is 194 Å². The van der Waals surface area contributed by atoms with Gasteiger partial charge in [0, 0.05) is 5.75 Å². The third kappa shape index (κ3) is 7.32. The summed E-state index contributed by atoms with van der Waals surface area (Å²) < 4.78 is 0. The molecule has 0 aromatic heterocycles. The van der Waals surface area contributed by atoms with Gasteiger partial charge in [0.1, 0.15) is 18.1 Å². The van der Waals surface area contributed by atoms with Crippen LogP contribution in [0.15, 0.2) is 0 Å². The van der Waals surface area contributed by atoms with E-state index in [1.165, 1.54) is 0 Å². The number of carboxylic acids is 2. The van der Waals surface area contributed by atoms with Gasteiger partial charge in [-0.25, -0.2) is 4.79 Å². The largest absolute Gasteiger partial charge is 0.481 e. The first-order valence-corrected chi connectivity index (χ1v) is 9.13. The Labute approximate surface area is 165 Å². The lowest BCUT2D eigenvalue weighted by atomic mass is 10.1. The molecule has 1 rings (SSSR count). The Hall–Kier alpha value is -2.38. The second-order valence-electron chi connectivity index (χ2n) is 6.13. The zero-order valence-corrected chi connectivity index (χ0v) is 15.8. The molecule has 12 nitrogen and oxygen atoms in total. The quantitative estimate of drug-likeness (QED) is 0.158. The van der Waals surface area contributed by atoms with Crippen LogP contribution in [0.25, 0.3) is 0 Å². The van der Waals surface area contributed by atoms with Gasteiger partial charge in [0.15, 0.2) is 0 Å². The summed E-state index contributed by atoms with van der Waals surface area (Å²) in [7, 11) is 0. The van der Waals surface area contributed by atoms with Gasteiger partial charge in [-0.3, -0.25) is 19.2 Å². The van der Waals surface area contributed by atoms with Gasteiger partial charge in [-0.15, -0.1) is 0 Å². The Balaban J connectivity index is 2.77. The predicted octanol–water partition coefficient (Wildman–Crippen LogP) is -3.33. The predicted molar refractivity (Wildman–Crippen MR) is 97.6 cm³/mol. The summed E-state index contributed by atoms with van der Waals surface area (Å²) in [6, 6.07) is -4.90. The third-order valence-corrected chi connectivity index (χ3v) is 4.37. The minimum Gasteiger partial charge on any atom is -0.481 e. The normalized spacial score (nSPS) is 19.1. The van der Waals surface area contributed by atoms with Crippen molar-refractivity contribution in [1.29, 1.82) is 0 Å². The molecule has 13 heteroatoms. The van der Waals surface area contributed by atoms with E-state index < -0.39 is 66.9 Å². The number of carbonyl (C=O) groups is 5. The first kappa shape index (κ1) is 23.7. The first-order valence-electron chi connectivity index (χ1n) is 8.50. The molecule has 4 unspecified atom stereocenters. The van der Waals surface area contributed by atoms with E-state index in [0.717, 1.165) is 6.42 Å². The monoisotopic (exact) mass is 420 g/mol. The smallest absolute Gasteiger partial charge is 0.327 e. The Morgan fingerprint density at radius 3 is 2.07 bits per heavy atom. The minimum atomic E-state index is -1.61. The molecule has 1 aliphatic heterocycles. The molecule has 0 radical (unpaired) electrons. The molecule has 0 aliphatic carbocycles. The van der Waals surface area contributed by atoms with Crippen LogP contribution < -0.4 is 21.3 Å². The molecular formula is C15H24N4O8S. The van der Waals surface area contributed by atoms with Crippen molar-refractivity contribution in [1.82, 2.24) is 21.3 Å². The van der Waals surface area contributed by atoms with E-state index in [9.17, 15) is 29.1 Å². The van der Waals surface area contributed by atoms with E-state index in [1.54, 1.807) is 0 Å². The molecule has 1 aliphatic rings. The summed E-state index contributed by atoms with van der Waals surface area (Å²) in [5.74, 6) is -5.58. The average molecular weight is 420 g/mol. The van der Waals surface area contributed by atoms with Gasteiger partial charge in [0.2, 0.25) is 17.7 Å². The standard InChI is InChI=1S/C15H24N4O8S/c20-5-9(18-12(23)7-2-1-3-16-7)14(25)17-8(4-11(21)22)13(24)19-10(6-28)15(26)27/h7-10,16,20,28H,1-6H2,(H,17,25)(H,18,23)(H,19,24)(H,21,22)(H,26,27). The maximum atomic E-state index is 12.3. The SMILES string of the molecule is O=C(O)CC(NC(=O)C(CO)NC(=O)C1CCCN1)C(=O)NC(CS)C(=O)O. The second-order valence-corrected chi connectivity index (χ2v) is 6.50. The van der Waals surface area contributed by atoms with Crippen LogP contribution in [0.4, 0.5) is 0 Å². The van der Waals surface area contributed by atoms with Crippen LogP contribution in [0.5, 0.6) is 0 Å². The molecule has 4 atom stereocenters. The summed E-state index contributed by atoms with van der Waals surface area (Å²) in [6.07, 6.45) is 0.521. The summed E-state index contributed by atoms with van der Waals surface area (Å²) >= 11 is 3.78. The van der Waals surface area contributed by atoms with Crippen molar-refractivity contribution >= 4 is 42.3 Å². The van der Waals surface area contributed by atoms with Crippen LogP contribution in [0, 0.1) is 0 Å². The van der Waals surface area contributed by atoms with E-state index in [4.69, 9.17) is 10.2 Å². The molecule has 0 bridgehead atoms. The van der Waals surface area contributed by atoms with E-state index in [2.05, 4.69) is 33.9 Å². The fourth-order valence-corrected chi connectivity index (χ4v) is 2.74. The maximum Gasteiger partial charge on any atom is 0.327 e. The van der Waals surface area contributed by atoms with E-state index in [0.29, 0.717) is 13.0 Å². The summed E-state index contributed by atoms with van der Waals surface area (Å²) in [4.78, 5) is 58.5. The summed E-state index contributed by atoms with van der Waals surface area (Å²) in [5, 5.41) is 36.7. The number of thiol groups is 1. The number of aliphatic carboxylic acids is 2. The van der Waals surface area contributed by atoms with Gasteiger partial charge in [0.05, 0.1) is 19.1 Å². The molecule has 158 valence electrons. The lowest BCUT2D eigenvalue weighted by Crippen LogP contribution is -2.58. The zero-order valence-electron chi connectivity index (χ0n) is 14.9. The van der Waals surface area contributed by atoms with Crippen molar-refractivity contribution in [3.05, 3.63) is 0 Å². The molecule has 0 spiro atoms. The van der Waals surface area contributed by atoms with Crippen LogP contribution in [0.1, 0.15) is 19.3 Å². The fourth-order valence-electron chi connectivity index (χ4n) is 2.49. The second kappa shape index (κ2) is 11.5. The zero-order chi connectivity index (χ0) is 21.3. The Kier molecular flexibility index (Phi) is 9.68. The number of aliphatic hydroxyl groups excluding tert-OH is 1. The van der Waals surface area contributed by atoms with Crippen LogP contribution in [-0.2, 0) is 24.0 Å². The third-order valence-electron chi connectivity index (χ3n) is 4.00. The van der Waals surface area contributed by atoms with Gasteiger partial charge >= 0.3 is 11.9 Å². The molecule has 0 aromatic rings. The number of rotatable bonds is 11. The van der Waals surface area contributed by atoms with Gasteiger partial charge in [0.25, 0.3) is 0 Å². The molecule has 1 fully saturated rings. The fraction of sp³-hybridized carbons (Fsp3) is 0.667. The molecule has 28 heavy (non-hydrogen) atoms. The lowest BCUT2D eigenvalue weighted by Gasteiger charge is -2.23.